The van der Waals surface area contributed by atoms with Crippen molar-refractivity contribution in [1.29, 1.82) is 0 Å². The minimum atomic E-state index is -0.334. The molecule has 80 valence electrons. The first-order chi connectivity index (χ1) is 6.45. The van der Waals surface area contributed by atoms with E-state index in [9.17, 15) is 4.79 Å². The quantitative estimate of drug-likeness (QED) is 0.673. The lowest BCUT2D eigenvalue weighted by atomic mass is 9.87. The Morgan fingerprint density at radius 1 is 1.36 bits per heavy atom. The molecule has 1 saturated heterocycles. The van der Waals surface area contributed by atoms with Crippen molar-refractivity contribution < 1.29 is 9.90 Å². The molecule has 0 bridgehead atoms. The molecule has 1 N–H and O–H groups in total. The Balaban J connectivity index is 1.91. The lowest BCUT2D eigenvalue weighted by molar-refractivity contribution is -0.133. The molecule has 0 aromatic carbocycles. The molecule has 1 heterocycles. The number of hydrogen-bond acceptors (Lipinski definition) is 2. The SMILES string of the molecule is CC(C)(C)C1[C@H]2CN(C(=O)CO)C[C@@H]12. The molecule has 0 radical (unpaired) electrons. The number of amides is 1. The Kier molecular flexibility index (Phi) is 2.11. The van der Waals surface area contributed by atoms with Gasteiger partial charge in [-0.25, -0.2) is 0 Å². The summed E-state index contributed by atoms with van der Waals surface area (Å²) in [6, 6.07) is 0. The first kappa shape index (κ1) is 9.97. The molecule has 2 aliphatic rings. The molecule has 1 aliphatic carbocycles. The Morgan fingerprint density at radius 2 is 1.86 bits per heavy atom. The van der Waals surface area contributed by atoms with Gasteiger partial charge in [-0.15, -0.1) is 0 Å². The number of hydrogen-bond donors (Lipinski definition) is 1. The van der Waals surface area contributed by atoms with Crippen LogP contribution in [0.2, 0.25) is 0 Å². The van der Waals surface area contributed by atoms with Gasteiger partial charge in [-0.05, 0) is 23.2 Å². The number of aliphatic hydroxyl groups is 1. The fourth-order valence-electron chi connectivity index (χ4n) is 3.11. The van der Waals surface area contributed by atoms with Crippen LogP contribution in [0.15, 0.2) is 0 Å². The maximum atomic E-state index is 11.2. The summed E-state index contributed by atoms with van der Waals surface area (Å²) in [6.45, 7) is 8.22. The van der Waals surface area contributed by atoms with Crippen molar-refractivity contribution in [3.8, 4) is 0 Å². The second-order valence-electron chi connectivity index (χ2n) is 5.68. The largest absolute Gasteiger partial charge is 0.387 e. The summed E-state index contributed by atoms with van der Waals surface area (Å²) in [5, 5.41) is 8.73. The average molecular weight is 197 g/mol. The molecule has 1 amide bonds. The van der Waals surface area contributed by atoms with E-state index in [4.69, 9.17) is 5.11 Å². The highest BCUT2D eigenvalue weighted by molar-refractivity contribution is 5.77. The summed E-state index contributed by atoms with van der Waals surface area (Å²) in [4.78, 5) is 13.0. The Bertz CT molecular complexity index is 245. The summed E-state index contributed by atoms with van der Waals surface area (Å²) in [5.41, 5.74) is 0.379. The standard InChI is InChI=1S/C11H19NO2/c1-11(2,3)10-7-4-12(5-8(7)10)9(14)6-13/h7-8,10,13H,4-6H2,1-3H3/t7-,8+,10?. The minimum Gasteiger partial charge on any atom is -0.387 e. The van der Waals surface area contributed by atoms with Gasteiger partial charge in [0.1, 0.15) is 6.61 Å². The van der Waals surface area contributed by atoms with Crippen molar-refractivity contribution in [3.63, 3.8) is 0 Å². The van der Waals surface area contributed by atoms with E-state index >= 15 is 0 Å². The first-order valence-electron chi connectivity index (χ1n) is 5.34. The molecule has 3 atom stereocenters. The zero-order valence-corrected chi connectivity index (χ0v) is 9.16. The smallest absolute Gasteiger partial charge is 0.248 e. The number of likely N-dealkylation sites (tertiary alicyclic amines) is 1. The zero-order chi connectivity index (χ0) is 10.5. The van der Waals surface area contributed by atoms with Crippen molar-refractivity contribution in [3.05, 3.63) is 0 Å². The monoisotopic (exact) mass is 197 g/mol. The van der Waals surface area contributed by atoms with Gasteiger partial charge in [0.15, 0.2) is 0 Å². The van der Waals surface area contributed by atoms with Crippen LogP contribution in [-0.4, -0.2) is 35.6 Å². The minimum absolute atomic E-state index is 0.107. The van der Waals surface area contributed by atoms with Crippen LogP contribution in [0, 0.1) is 23.2 Å². The summed E-state index contributed by atoms with van der Waals surface area (Å²) in [7, 11) is 0. The van der Waals surface area contributed by atoms with E-state index in [1.807, 2.05) is 0 Å². The third-order valence-electron chi connectivity index (χ3n) is 3.68. The topological polar surface area (TPSA) is 40.5 Å². The van der Waals surface area contributed by atoms with E-state index in [0.29, 0.717) is 17.3 Å². The highest BCUT2D eigenvalue weighted by Gasteiger charge is 2.60. The molecule has 0 spiro atoms. The molecular formula is C11H19NO2. The molecular weight excluding hydrogens is 178 g/mol. The molecule has 1 saturated carbocycles. The number of aliphatic hydroxyl groups excluding tert-OH is 1. The molecule has 2 fully saturated rings. The lowest BCUT2D eigenvalue weighted by Gasteiger charge is -2.25. The highest BCUT2D eigenvalue weighted by atomic mass is 16.3. The molecule has 3 heteroatoms. The van der Waals surface area contributed by atoms with Crippen molar-refractivity contribution in [2.45, 2.75) is 20.8 Å². The lowest BCUT2D eigenvalue weighted by Crippen LogP contribution is -2.35. The van der Waals surface area contributed by atoms with Crippen LogP contribution < -0.4 is 0 Å². The average Bonchev–Trinajstić information content (AvgIpc) is 2.63. The molecule has 14 heavy (non-hydrogen) atoms. The van der Waals surface area contributed by atoms with Crippen LogP contribution in [0.4, 0.5) is 0 Å². The summed E-state index contributed by atoms with van der Waals surface area (Å²) in [5.74, 6) is 2.08. The molecule has 1 unspecified atom stereocenters. The Labute approximate surface area is 85.1 Å². The molecule has 1 aliphatic heterocycles. The van der Waals surface area contributed by atoms with Gasteiger partial charge in [-0.2, -0.15) is 0 Å². The molecule has 2 rings (SSSR count). The van der Waals surface area contributed by atoms with Crippen molar-refractivity contribution in [1.82, 2.24) is 4.90 Å². The summed E-state index contributed by atoms with van der Waals surface area (Å²) < 4.78 is 0. The van der Waals surface area contributed by atoms with Crippen molar-refractivity contribution in [2.24, 2.45) is 23.2 Å². The van der Waals surface area contributed by atoms with Crippen LogP contribution in [0.5, 0.6) is 0 Å². The first-order valence-corrected chi connectivity index (χ1v) is 5.34. The zero-order valence-electron chi connectivity index (χ0n) is 9.16. The maximum Gasteiger partial charge on any atom is 0.248 e. The fourth-order valence-corrected chi connectivity index (χ4v) is 3.11. The number of piperidine rings is 1. The van der Waals surface area contributed by atoms with Gasteiger partial charge in [0.25, 0.3) is 0 Å². The van der Waals surface area contributed by atoms with Gasteiger partial charge >= 0.3 is 0 Å². The van der Waals surface area contributed by atoms with E-state index in [1.54, 1.807) is 4.90 Å². The predicted octanol–water partition coefficient (Wildman–Crippen LogP) is 0.729. The van der Waals surface area contributed by atoms with Gasteiger partial charge in [0.05, 0.1) is 0 Å². The second kappa shape index (κ2) is 2.96. The van der Waals surface area contributed by atoms with Crippen LogP contribution >= 0.6 is 0 Å². The van der Waals surface area contributed by atoms with Gasteiger partial charge in [0.2, 0.25) is 5.91 Å². The van der Waals surface area contributed by atoms with Crippen LogP contribution in [0.3, 0.4) is 0 Å². The third-order valence-corrected chi connectivity index (χ3v) is 3.68. The van der Waals surface area contributed by atoms with Gasteiger partial charge in [0, 0.05) is 13.1 Å². The van der Waals surface area contributed by atoms with E-state index in [-0.39, 0.29) is 12.5 Å². The summed E-state index contributed by atoms with van der Waals surface area (Å²) in [6.07, 6.45) is 0. The third kappa shape index (κ3) is 1.44. The highest BCUT2D eigenvalue weighted by Crippen LogP contribution is 2.59. The van der Waals surface area contributed by atoms with Gasteiger partial charge in [-0.3, -0.25) is 4.79 Å². The Hall–Kier alpha value is -0.570. The molecule has 0 aromatic heterocycles. The predicted molar refractivity (Wildman–Crippen MR) is 53.6 cm³/mol. The van der Waals surface area contributed by atoms with Crippen LogP contribution in [0.1, 0.15) is 20.8 Å². The van der Waals surface area contributed by atoms with Gasteiger partial charge < -0.3 is 10.0 Å². The second-order valence-corrected chi connectivity index (χ2v) is 5.68. The number of rotatable bonds is 1. The van der Waals surface area contributed by atoms with E-state index in [1.165, 1.54) is 0 Å². The Morgan fingerprint density at radius 3 is 2.21 bits per heavy atom. The number of carbonyl (C=O) groups is 1. The van der Waals surface area contributed by atoms with Crippen molar-refractivity contribution in [2.75, 3.05) is 19.7 Å². The fraction of sp³-hybridized carbons (Fsp3) is 0.909. The van der Waals surface area contributed by atoms with E-state index in [2.05, 4.69) is 20.8 Å². The van der Waals surface area contributed by atoms with Crippen molar-refractivity contribution >= 4 is 5.91 Å². The van der Waals surface area contributed by atoms with Gasteiger partial charge in [-0.1, -0.05) is 20.8 Å². The number of nitrogens with zero attached hydrogens (tertiary/aromatic N) is 1. The number of fused-ring (bicyclic) bond motifs is 1. The maximum absolute atomic E-state index is 11.2. The number of carbonyl (C=O) groups excluding carboxylic acids is 1. The van der Waals surface area contributed by atoms with Crippen LogP contribution in [0.25, 0.3) is 0 Å². The van der Waals surface area contributed by atoms with E-state index < -0.39 is 0 Å². The van der Waals surface area contributed by atoms with Crippen LogP contribution in [-0.2, 0) is 4.79 Å². The normalized spacial score (nSPS) is 35.7. The molecule has 0 aromatic rings. The van der Waals surface area contributed by atoms with E-state index in [0.717, 1.165) is 19.0 Å². The molecule has 3 nitrogen and oxygen atoms in total. The summed E-state index contributed by atoms with van der Waals surface area (Å²) >= 11 is 0.